The van der Waals surface area contributed by atoms with Crippen molar-refractivity contribution in [2.75, 3.05) is 23.8 Å². The van der Waals surface area contributed by atoms with Crippen molar-refractivity contribution in [2.24, 2.45) is 0 Å². The summed E-state index contributed by atoms with van der Waals surface area (Å²) in [5.74, 6) is 0.371. The van der Waals surface area contributed by atoms with Crippen molar-refractivity contribution in [1.82, 2.24) is 9.97 Å². The molecule has 0 aliphatic heterocycles. The highest BCUT2D eigenvalue weighted by molar-refractivity contribution is 5.96. The summed E-state index contributed by atoms with van der Waals surface area (Å²) in [6.45, 7) is 2.68. The number of carbonyl (C=O) groups excluding carboxylic acids is 1. The second-order valence-corrected chi connectivity index (χ2v) is 5.96. The van der Waals surface area contributed by atoms with Gasteiger partial charge in [0.2, 0.25) is 5.95 Å². The van der Waals surface area contributed by atoms with E-state index in [2.05, 4.69) is 20.6 Å². The number of hydrogen-bond donors (Lipinski definition) is 2. The van der Waals surface area contributed by atoms with Crippen molar-refractivity contribution in [3.8, 4) is 0 Å². The van der Waals surface area contributed by atoms with E-state index in [1.165, 1.54) is 12.1 Å². The normalized spacial score (nSPS) is 10.4. The van der Waals surface area contributed by atoms with Crippen molar-refractivity contribution in [3.05, 3.63) is 77.7 Å². The minimum atomic E-state index is -0.391. The van der Waals surface area contributed by atoms with E-state index in [1.54, 1.807) is 49.5 Å². The van der Waals surface area contributed by atoms with E-state index < -0.39 is 5.97 Å². The molecular formula is C21H21FN4O2. The van der Waals surface area contributed by atoms with Gasteiger partial charge in [0.1, 0.15) is 11.6 Å². The van der Waals surface area contributed by atoms with Gasteiger partial charge in [-0.15, -0.1) is 0 Å². The molecule has 0 saturated carbocycles. The summed E-state index contributed by atoms with van der Waals surface area (Å²) in [5.41, 5.74) is 2.07. The van der Waals surface area contributed by atoms with Gasteiger partial charge < -0.3 is 15.4 Å². The number of nitrogens with one attached hydrogen (secondary N) is 2. The number of para-hydroxylation sites is 1. The van der Waals surface area contributed by atoms with Gasteiger partial charge in [-0.3, -0.25) is 0 Å². The maximum absolute atomic E-state index is 12.9. The summed E-state index contributed by atoms with van der Waals surface area (Å²) in [6, 6.07) is 15.2. The van der Waals surface area contributed by atoms with Crippen molar-refractivity contribution in [3.63, 3.8) is 0 Å². The molecular weight excluding hydrogens is 359 g/mol. The standard InChI is InChI=1S/C21H21FN4O2/c1-2-28-20(27)17-5-3-4-6-18(17)25-19-12-14-24-21(26-19)23-13-11-15-7-9-16(22)10-8-15/h3-10,12,14H,2,11,13H2,1H3,(H2,23,24,25,26). The summed E-state index contributed by atoms with van der Waals surface area (Å²) in [7, 11) is 0. The van der Waals surface area contributed by atoms with Crippen LogP contribution >= 0.6 is 0 Å². The molecule has 0 aliphatic carbocycles. The lowest BCUT2D eigenvalue weighted by Crippen LogP contribution is -2.10. The third-order valence-electron chi connectivity index (χ3n) is 3.95. The smallest absolute Gasteiger partial charge is 0.340 e. The van der Waals surface area contributed by atoms with Crippen LogP contribution in [0.4, 0.5) is 21.8 Å². The molecule has 7 heteroatoms. The van der Waals surface area contributed by atoms with Crippen molar-refractivity contribution >= 4 is 23.4 Å². The van der Waals surface area contributed by atoms with Gasteiger partial charge in [0.15, 0.2) is 0 Å². The van der Waals surface area contributed by atoms with E-state index >= 15 is 0 Å². The Morgan fingerprint density at radius 2 is 1.89 bits per heavy atom. The second kappa shape index (κ2) is 9.45. The molecule has 0 saturated heterocycles. The average Bonchev–Trinajstić information content (AvgIpc) is 2.70. The molecule has 2 N–H and O–H groups in total. The predicted molar refractivity (Wildman–Crippen MR) is 106 cm³/mol. The molecule has 0 bridgehead atoms. The Labute approximate surface area is 162 Å². The fourth-order valence-corrected chi connectivity index (χ4v) is 2.60. The molecule has 0 fully saturated rings. The summed E-state index contributed by atoms with van der Waals surface area (Å²) in [6.07, 6.45) is 2.34. The molecule has 3 aromatic rings. The van der Waals surface area contributed by atoms with Crippen LogP contribution in [-0.2, 0) is 11.2 Å². The van der Waals surface area contributed by atoms with Gasteiger partial charge in [0, 0.05) is 12.7 Å². The quantitative estimate of drug-likeness (QED) is 0.571. The van der Waals surface area contributed by atoms with Crippen LogP contribution in [0.1, 0.15) is 22.8 Å². The Kier molecular flexibility index (Phi) is 6.51. The van der Waals surface area contributed by atoms with Gasteiger partial charge >= 0.3 is 5.97 Å². The Morgan fingerprint density at radius 1 is 1.11 bits per heavy atom. The zero-order valence-corrected chi connectivity index (χ0v) is 15.5. The van der Waals surface area contributed by atoms with Crippen molar-refractivity contribution in [2.45, 2.75) is 13.3 Å². The zero-order valence-electron chi connectivity index (χ0n) is 15.5. The molecule has 6 nitrogen and oxygen atoms in total. The number of benzene rings is 2. The van der Waals surface area contributed by atoms with Crippen LogP contribution < -0.4 is 10.6 Å². The van der Waals surface area contributed by atoms with Crippen LogP contribution in [0.3, 0.4) is 0 Å². The predicted octanol–water partition coefficient (Wildman–Crippen LogP) is 4.19. The minimum Gasteiger partial charge on any atom is -0.462 e. The maximum Gasteiger partial charge on any atom is 0.340 e. The highest BCUT2D eigenvalue weighted by Crippen LogP contribution is 2.21. The van der Waals surface area contributed by atoms with E-state index in [0.717, 1.165) is 5.56 Å². The van der Waals surface area contributed by atoms with Crippen LogP contribution in [-0.4, -0.2) is 29.1 Å². The monoisotopic (exact) mass is 380 g/mol. The minimum absolute atomic E-state index is 0.248. The van der Waals surface area contributed by atoms with Gasteiger partial charge in [-0.05, 0) is 49.2 Å². The fourth-order valence-electron chi connectivity index (χ4n) is 2.60. The lowest BCUT2D eigenvalue weighted by molar-refractivity contribution is 0.0527. The number of nitrogens with zero attached hydrogens (tertiary/aromatic N) is 2. The molecule has 2 aromatic carbocycles. The molecule has 144 valence electrons. The van der Waals surface area contributed by atoms with Crippen LogP contribution in [0.2, 0.25) is 0 Å². The van der Waals surface area contributed by atoms with Gasteiger partial charge in [0.05, 0.1) is 17.9 Å². The number of aromatic nitrogens is 2. The molecule has 0 radical (unpaired) electrons. The number of ether oxygens (including phenoxy) is 1. The number of esters is 1. The maximum atomic E-state index is 12.9. The first kappa shape index (κ1) is 19.3. The van der Waals surface area contributed by atoms with E-state index in [9.17, 15) is 9.18 Å². The molecule has 3 rings (SSSR count). The van der Waals surface area contributed by atoms with Crippen molar-refractivity contribution < 1.29 is 13.9 Å². The molecule has 0 amide bonds. The summed E-state index contributed by atoms with van der Waals surface area (Å²) in [5, 5.41) is 6.28. The zero-order chi connectivity index (χ0) is 19.8. The number of halogens is 1. The molecule has 0 atom stereocenters. The van der Waals surface area contributed by atoms with E-state index in [0.29, 0.717) is 42.6 Å². The lowest BCUT2D eigenvalue weighted by atomic mass is 10.1. The van der Waals surface area contributed by atoms with Gasteiger partial charge in [-0.1, -0.05) is 24.3 Å². The van der Waals surface area contributed by atoms with Crippen LogP contribution in [0.5, 0.6) is 0 Å². The van der Waals surface area contributed by atoms with Gasteiger partial charge in [-0.2, -0.15) is 4.98 Å². The number of rotatable bonds is 8. The second-order valence-electron chi connectivity index (χ2n) is 5.96. The lowest BCUT2D eigenvalue weighted by Gasteiger charge is -2.11. The van der Waals surface area contributed by atoms with E-state index in [4.69, 9.17) is 4.74 Å². The van der Waals surface area contributed by atoms with Crippen LogP contribution in [0.25, 0.3) is 0 Å². The summed E-state index contributed by atoms with van der Waals surface area (Å²) >= 11 is 0. The van der Waals surface area contributed by atoms with Gasteiger partial charge in [-0.25, -0.2) is 14.2 Å². The fraction of sp³-hybridized carbons (Fsp3) is 0.190. The van der Waals surface area contributed by atoms with E-state index in [-0.39, 0.29) is 5.82 Å². The highest BCUT2D eigenvalue weighted by Gasteiger charge is 2.12. The van der Waals surface area contributed by atoms with Gasteiger partial charge in [0.25, 0.3) is 0 Å². The molecule has 28 heavy (non-hydrogen) atoms. The molecule has 0 aliphatic rings. The Balaban J connectivity index is 1.64. The molecule has 0 unspecified atom stereocenters. The summed E-state index contributed by atoms with van der Waals surface area (Å²) < 4.78 is 18.0. The Bertz CT molecular complexity index is 932. The van der Waals surface area contributed by atoms with E-state index in [1.807, 2.05) is 6.07 Å². The Morgan fingerprint density at radius 3 is 2.68 bits per heavy atom. The number of anilines is 3. The third-order valence-corrected chi connectivity index (χ3v) is 3.95. The van der Waals surface area contributed by atoms with Crippen LogP contribution in [0, 0.1) is 5.82 Å². The Hall–Kier alpha value is -3.48. The number of hydrogen-bond acceptors (Lipinski definition) is 6. The van der Waals surface area contributed by atoms with Crippen LogP contribution in [0.15, 0.2) is 60.8 Å². The first-order chi connectivity index (χ1) is 13.7. The third kappa shape index (κ3) is 5.26. The summed E-state index contributed by atoms with van der Waals surface area (Å²) in [4.78, 5) is 20.7. The SMILES string of the molecule is CCOC(=O)c1ccccc1Nc1ccnc(NCCc2ccc(F)cc2)n1. The molecule has 1 aromatic heterocycles. The number of carbonyl (C=O) groups is 1. The van der Waals surface area contributed by atoms with Crippen molar-refractivity contribution in [1.29, 1.82) is 0 Å². The topological polar surface area (TPSA) is 76.1 Å². The highest BCUT2D eigenvalue weighted by atomic mass is 19.1. The average molecular weight is 380 g/mol. The first-order valence-corrected chi connectivity index (χ1v) is 9.00. The molecule has 1 heterocycles. The first-order valence-electron chi connectivity index (χ1n) is 9.00. The molecule has 0 spiro atoms. The largest absolute Gasteiger partial charge is 0.462 e.